The van der Waals surface area contributed by atoms with Gasteiger partial charge in [-0.1, -0.05) is 6.42 Å². The number of anilines is 1. The number of rotatable bonds is 2. The maximum atomic E-state index is 13.6. The molecule has 0 bridgehead atoms. The van der Waals surface area contributed by atoms with Gasteiger partial charge in [0.05, 0.1) is 5.69 Å². The largest absolute Gasteiger partial charge is 0.323 e. The molecular weight excluding hydrogens is 289 g/mol. The van der Waals surface area contributed by atoms with Crippen molar-refractivity contribution in [2.45, 2.75) is 24.8 Å². The van der Waals surface area contributed by atoms with E-state index in [9.17, 15) is 18.8 Å². The fraction of sp³-hybridized carbons (Fsp3) is 0.400. The predicted octanol–water partition coefficient (Wildman–Crippen LogP) is 1.01. The Bertz CT molecular complexity index is 716. The molecule has 2 heterocycles. The molecule has 6 nitrogen and oxygen atoms in total. The van der Waals surface area contributed by atoms with Crippen LogP contribution in [0.25, 0.3) is 0 Å². The molecule has 22 heavy (non-hydrogen) atoms. The first-order valence-corrected chi connectivity index (χ1v) is 7.28. The maximum Gasteiger partial charge on any atom is 0.323 e. The van der Waals surface area contributed by atoms with Crippen LogP contribution in [-0.2, 0) is 15.1 Å². The third kappa shape index (κ3) is 1.56. The zero-order chi connectivity index (χ0) is 15.5. The SMILES string of the molecule is O=C1NC(=O)C2(N1)C(=O)N(CC1CCC1)c1ccc(F)cc12. The molecule has 1 aliphatic carbocycles. The van der Waals surface area contributed by atoms with Crippen molar-refractivity contribution in [1.29, 1.82) is 0 Å². The number of nitrogens with one attached hydrogen (secondary N) is 2. The zero-order valence-corrected chi connectivity index (χ0v) is 11.7. The number of urea groups is 1. The average Bonchev–Trinajstić information content (AvgIpc) is 2.84. The van der Waals surface area contributed by atoms with Crippen molar-refractivity contribution in [3.05, 3.63) is 29.6 Å². The monoisotopic (exact) mass is 303 g/mol. The van der Waals surface area contributed by atoms with Gasteiger partial charge in [-0.3, -0.25) is 14.9 Å². The van der Waals surface area contributed by atoms with E-state index in [-0.39, 0.29) is 5.56 Å². The van der Waals surface area contributed by atoms with Gasteiger partial charge < -0.3 is 10.2 Å². The summed E-state index contributed by atoms with van der Waals surface area (Å²) in [6, 6.07) is 3.17. The molecule has 1 spiro atoms. The molecule has 4 rings (SSSR count). The summed E-state index contributed by atoms with van der Waals surface area (Å²) < 4.78 is 13.6. The van der Waals surface area contributed by atoms with Crippen LogP contribution in [-0.4, -0.2) is 24.4 Å². The molecule has 0 radical (unpaired) electrons. The van der Waals surface area contributed by atoms with Gasteiger partial charge in [-0.25, -0.2) is 9.18 Å². The molecule has 114 valence electrons. The number of amides is 4. The predicted molar refractivity (Wildman–Crippen MR) is 74.4 cm³/mol. The summed E-state index contributed by atoms with van der Waals surface area (Å²) >= 11 is 0. The molecule has 2 N–H and O–H groups in total. The Hall–Kier alpha value is -2.44. The topological polar surface area (TPSA) is 78.5 Å². The molecule has 0 aromatic heterocycles. The van der Waals surface area contributed by atoms with Crippen molar-refractivity contribution >= 4 is 23.5 Å². The Morgan fingerprint density at radius 1 is 1.27 bits per heavy atom. The Morgan fingerprint density at radius 3 is 2.64 bits per heavy atom. The van der Waals surface area contributed by atoms with Crippen LogP contribution in [0.1, 0.15) is 24.8 Å². The van der Waals surface area contributed by atoms with E-state index in [1.54, 1.807) is 0 Å². The summed E-state index contributed by atoms with van der Waals surface area (Å²) in [5.41, 5.74) is -1.12. The summed E-state index contributed by atoms with van der Waals surface area (Å²) in [5, 5.41) is 4.48. The lowest BCUT2D eigenvalue weighted by molar-refractivity contribution is -0.134. The standard InChI is InChI=1S/C15H14FN3O3/c16-9-4-5-11-10(6-9)15(12(20)17-14(22)18-15)13(21)19(11)7-8-2-1-3-8/h4-6,8H,1-3,7H2,(H2,17,18,20,22). The summed E-state index contributed by atoms with van der Waals surface area (Å²) in [6.45, 7) is 0.488. The van der Waals surface area contributed by atoms with Crippen molar-refractivity contribution in [2.75, 3.05) is 11.4 Å². The molecule has 2 fully saturated rings. The normalized spacial score (nSPS) is 27.0. The minimum absolute atomic E-state index is 0.208. The number of imide groups is 1. The number of hydrogen-bond acceptors (Lipinski definition) is 3. The third-order valence-corrected chi connectivity index (χ3v) is 4.75. The minimum Gasteiger partial charge on any atom is -0.312 e. The summed E-state index contributed by atoms with van der Waals surface area (Å²) in [7, 11) is 0. The van der Waals surface area contributed by atoms with E-state index in [1.165, 1.54) is 17.0 Å². The number of carbonyl (C=O) groups excluding carboxylic acids is 3. The lowest BCUT2D eigenvalue weighted by atomic mass is 9.85. The van der Waals surface area contributed by atoms with Gasteiger partial charge in [-0.05, 0) is 37.0 Å². The van der Waals surface area contributed by atoms with Crippen molar-refractivity contribution in [3.63, 3.8) is 0 Å². The Labute approximate surface area is 125 Å². The number of nitrogens with zero attached hydrogens (tertiary/aromatic N) is 1. The molecular formula is C15H14FN3O3. The smallest absolute Gasteiger partial charge is 0.312 e. The molecule has 2 aliphatic heterocycles. The summed E-state index contributed by atoms with van der Waals surface area (Å²) in [4.78, 5) is 38.1. The van der Waals surface area contributed by atoms with E-state index in [0.717, 1.165) is 25.3 Å². The third-order valence-electron chi connectivity index (χ3n) is 4.75. The Balaban J connectivity index is 1.84. The first-order valence-electron chi connectivity index (χ1n) is 7.28. The first kappa shape index (κ1) is 13.2. The van der Waals surface area contributed by atoms with E-state index in [0.29, 0.717) is 18.2 Å². The van der Waals surface area contributed by atoms with Crippen LogP contribution in [0.5, 0.6) is 0 Å². The number of benzene rings is 1. The van der Waals surface area contributed by atoms with Gasteiger partial charge in [0.15, 0.2) is 0 Å². The zero-order valence-electron chi connectivity index (χ0n) is 11.7. The van der Waals surface area contributed by atoms with Gasteiger partial charge in [-0.15, -0.1) is 0 Å². The first-order chi connectivity index (χ1) is 10.5. The second-order valence-electron chi connectivity index (χ2n) is 6.03. The van der Waals surface area contributed by atoms with E-state index < -0.39 is 29.2 Å². The average molecular weight is 303 g/mol. The lowest BCUT2D eigenvalue weighted by Crippen LogP contribution is -2.53. The Kier molecular flexibility index (Phi) is 2.58. The second kappa shape index (κ2) is 4.28. The fourth-order valence-electron chi connectivity index (χ4n) is 3.38. The van der Waals surface area contributed by atoms with E-state index in [2.05, 4.69) is 10.6 Å². The molecule has 4 amide bonds. The lowest BCUT2D eigenvalue weighted by Gasteiger charge is -2.31. The van der Waals surface area contributed by atoms with Gasteiger partial charge in [-0.2, -0.15) is 0 Å². The van der Waals surface area contributed by atoms with Gasteiger partial charge in [0, 0.05) is 12.1 Å². The molecule has 1 aromatic rings. The molecule has 1 atom stereocenters. The van der Waals surface area contributed by atoms with Gasteiger partial charge in [0.25, 0.3) is 11.8 Å². The highest BCUT2D eigenvalue weighted by atomic mass is 19.1. The van der Waals surface area contributed by atoms with Crippen molar-refractivity contribution < 1.29 is 18.8 Å². The quantitative estimate of drug-likeness (QED) is 0.632. The van der Waals surface area contributed by atoms with E-state index >= 15 is 0 Å². The van der Waals surface area contributed by atoms with Gasteiger partial charge in [0.2, 0.25) is 5.54 Å². The fourth-order valence-corrected chi connectivity index (χ4v) is 3.38. The highest BCUT2D eigenvalue weighted by molar-refractivity contribution is 6.27. The van der Waals surface area contributed by atoms with Crippen LogP contribution in [0.15, 0.2) is 18.2 Å². The number of fused-ring (bicyclic) bond motifs is 2. The van der Waals surface area contributed by atoms with Crippen LogP contribution in [0.3, 0.4) is 0 Å². The van der Waals surface area contributed by atoms with E-state index in [1.807, 2.05) is 0 Å². The van der Waals surface area contributed by atoms with Crippen LogP contribution in [0.4, 0.5) is 14.9 Å². The van der Waals surface area contributed by atoms with Gasteiger partial charge in [0.1, 0.15) is 5.82 Å². The van der Waals surface area contributed by atoms with Crippen molar-refractivity contribution in [2.24, 2.45) is 5.92 Å². The minimum atomic E-state index is -1.82. The highest BCUT2D eigenvalue weighted by Gasteiger charge is 2.61. The van der Waals surface area contributed by atoms with E-state index in [4.69, 9.17) is 0 Å². The molecule has 1 saturated carbocycles. The number of halogens is 1. The summed E-state index contributed by atoms with van der Waals surface area (Å²) in [5.74, 6) is -1.42. The summed E-state index contributed by atoms with van der Waals surface area (Å²) in [6.07, 6.45) is 3.20. The van der Waals surface area contributed by atoms with Crippen LogP contribution in [0, 0.1) is 11.7 Å². The highest BCUT2D eigenvalue weighted by Crippen LogP contribution is 2.43. The molecule has 1 unspecified atom stereocenters. The number of carbonyl (C=O) groups is 3. The molecule has 1 aromatic carbocycles. The maximum absolute atomic E-state index is 13.6. The second-order valence-corrected chi connectivity index (χ2v) is 6.03. The molecule has 7 heteroatoms. The van der Waals surface area contributed by atoms with Crippen LogP contribution >= 0.6 is 0 Å². The van der Waals surface area contributed by atoms with Crippen LogP contribution in [0.2, 0.25) is 0 Å². The Morgan fingerprint density at radius 2 is 2.05 bits per heavy atom. The van der Waals surface area contributed by atoms with Crippen molar-refractivity contribution in [3.8, 4) is 0 Å². The van der Waals surface area contributed by atoms with Gasteiger partial charge >= 0.3 is 6.03 Å². The van der Waals surface area contributed by atoms with Crippen molar-refractivity contribution in [1.82, 2.24) is 10.6 Å². The molecule has 3 aliphatic rings. The van der Waals surface area contributed by atoms with Crippen LogP contribution < -0.4 is 15.5 Å². The number of hydrogen-bond donors (Lipinski definition) is 2. The molecule has 1 saturated heterocycles.